The summed E-state index contributed by atoms with van der Waals surface area (Å²) in [4.78, 5) is 22.1. The fourth-order valence-corrected chi connectivity index (χ4v) is 4.99. The average Bonchev–Trinajstić information content (AvgIpc) is 3.19. The zero-order chi connectivity index (χ0) is 25.4. The predicted octanol–water partition coefficient (Wildman–Crippen LogP) is 5.65. The number of aromatic nitrogens is 4. The summed E-state index contributed by atoms with van der Waals surface area (Å²) in [6.45, 7) is 4.66. The maximum Gasteiger partial charge on any atom is 0.321 e. The average molecular weight is 512 g/mol. The van der Waals surface area contributed by atoms with Gasteiger partial charge in [-0.2, -0.15) is 0 Å². The molecule has 2 aromatic heterocycles. The summed E-state index contributed by atoms with van der Waals surface area (Å²) >= 11 is 6.33. The molecular formula is C28H26ClN7O. The van der Waals surface area contributed by atoms with E-state index >= 15 is 0 Å². The number of benzene rings is 3. The number of amides is 2. The molecule has 3 heterocycles. The Hall–Kier alpha value is -4.17. The van der Waals surface area contributed by atoms with Crippen molar-refractivity contribution in [3.63, 3.8) is 0 Å². The quantitative estimate of drug-likeness (QED) is 0.338. The van der Waals surface area contributed by atoms with Crippen LogP contribution in [-0.4, -0.2) is 56.7 Å². The van der Waals surface area contributed by atoms with Crippen LogP contribution in [0.25, 0.3) is 27.9 Å². The lowest BCUT2D eigenvalue weighted by Crippen LogP contribution is -2.38. The van der Waals surface area contributed by atoms with Gasteiger partial charge >= 0.3 is 6.03 Å². The van der Waals surface area contributed by atoms with Crippen LogP contribution in [0.4, 0.5) is 16.4 Å². The topological polar surface area (TPSA) is 78.7 Å². The molecule has 1 aliphatic rings. The molecule has 1 saturated heterocycles. The highest BCUT2D eigenvalue weighted by atomic mass is 35.5. The number of urea groups is 1. The largest absolute Gasteiger partial charge is 0.340 e. The minimum absolute atomic E-state index is 0.0961. The molecule has 1 N–H and O–H groups in total. The maximum absolute atomic E-state index is 13.0. The zero-order valence-corrected chi connectivity index (χ0v) is 21.2. The van der Waals surface area contributed by atoms with Crippen LogP contribution >= 0.6 is 11.6 Å². The van der Waals surface area contributed by atoms with E-state index in [-0.39, 0.29) is 6.03 Å². The number of nitrogens with one attached hydrogen (secondary N) is 1. The number of aryl methyl sites for hydroxylation is 1. The van der Waals surface area contributed by atoms with Crippen LogP contribution in [0.5, 0.6) is 0 Å². The second kappa shape index (κ2) is 9.71. The van der Waals surface area contributed by atoms with Crippen molar-refractivity contribution in [1.29, 1.82) is 0 Å². The Labute approximate surface area is 219 Å². The third kappa shape index (κ3) is 4.56. The fourth-order valence-electron chi connectivity index (χ4n) is 4.82. The molecule has 6 rings (SSSR count). The molecule has 0 atom stereocenters. The van der Waals surface area contributed by atoms with Gasteiger partial charge < -0.3 is 15.1 Å². The van der Waals surface area contributed by atoms with Gasteiger partial charge in [0.2, 0.25) is 5.95 Å². The van der Waals surface area contributed by atoms with E-state index in [4.69, 9.17) is 16.6 Å². The van der Waals surface area contributed by atoms with Gasteiger partial charge in [-0.15, -0.1) is 10.2 Å². The van der Waals surface area contributed by atoms with Gasteiger partial charge in [0.25, 0.3) is 0 Å². The summed E-state index contributed by atoms with van der Waals surface area (Å²) in [5.41, 5.74) is 4.40. The molecule has 0 saturated carbocycles. The highest BCUT2D eigenvalue weighted by molar-refractivity contribution is 6.31. The molecule has 0 radical (unpaired) electrons. The maximum atomic E-state index is 13.0. The van der Waals surface area contributed by atoms with Crippen molar-refractivity contribution in [3.05, 3.63) is 83.4 Å². The predicted molar refractivity (Wildman–Crippen MR) is 147 cm³/mol. The van der Waals surface area contributed by atoms with E-state index in [2.05, 4.69) is 39.5 Å². The van der Waals surface area contributed by atoms with Crippen molar-refractivity contribution in [2.24, 2.45) is 0 Å². The number of anilines is 2. The number of halogens is 1. The van der Waals surface area contributed by atoms with Gasteiger partial charge in [0.15, 0.2) is 11.5 Å². The van der Waals surface area contributed by atoms with Crippen LogP contribution < -0.4 is 10.2 Å². The van der Waals surface area contributed by atoms with Crippen molar-refractivity contribution in [2.75, 3.05) is 36.4 Å². The Balaban J connectivity index is 1.38. The van der Waals surface area contributed by atoms with Gasteiger partial charge in [-0.25, -0.2) is 14.2 Å². The van der Waals surface area contributed by atoms with Crippen molar-refractivity contribution in [2.45, 2.75) is 13.3 Å². The molecule has 8 nitrogen and oxygen atoms in total. The van der Waals surface area contributed by atoms with E-state index < -0.39 is 0 Å². The molecular weight excluding hydrogens is 486 g/mol. The van der Waals surface area contributed by atoms with E-state index in [1.54, 1.807) is 0 Å². The molecule has 0 aliphatic carbocycles. The minimum atomic E-state index is -0.0961. The Morgan fingerprint density at radius 2 is 1.78 bits per heavy atom. The van der Waals surface area contributed by atoms with E-state index in [0.717, 1.165) is 58.1 Å². The first-order valence-electron chi connectivity index (χ1n) is 12.3. The van der Waals surface area contributed by atoms with Crippen LogP contribution in [0.1, 0.15) is 12.0 Å². The molecule has 186 valence electrons. The van der Waals surface area contributed by atoms with E-state index in [0.29, 0.717) is 24.7 Å². The molecule has 0 unspecified atom stereocenters. The van der Waals surface area contributed by atoms with Crippen LogP contribution in [-0.2, 0) is 0 Å². The Bertz CT molecular complexity index is 1600. The van der Waals surface area contributed by atoms with Crippen molar-refractivity contribution in [3.8, 4) is 11.4 Å². The standard InChI is InChI=1S/C28H26ClN7O/c1-19-7-5-8-20(17-19)25-32-33-26-23-12-11-21(29)18-24(23)31-27(36(25)26)34-13-6-14-35(16-15-34)28(37)30-22-9-3-2-4-10-22/h2-5,7-12,17-18H,6,13-16H2,1H3,(H,30,37). The van der Waals surface area contributed by atoms with E-state index in [9.17, 15) is 4.79 Å². The summed E-state index contributed by atoms with van der Waals surface area (Å²) in [5.74, 6) is 1.48. The molecule has 9 heteroatoms. The fraction of sp³-hybridized carbons (Fsp3) is 0.214. The first-order chi connectivity index (χ1) is 18.1. The lowest BCUT2D eigenvalue weighted by atomic mass is 10.1. The van der Waals surface area contributed by atoms with Crippen LogP contribution in [0, 0.1) is 6.92 Å². The Kier molecular flexibility index (Phi) is 6.10. The number of hydrogen-bond donors (Lipinski definition) is 1. The van der Waals surface area contributed by atoms with Gasteiger partial charge in [-0.3, -0.25) is 0 Å². The monoisotopic (exact) mass is 511 g/mol. The summed E-state index contributed by atoms with van der Waals surface area (Å²) in [6, 6.07) is 23.3. The molecule has 1 aliphatic heterocycles. The first-order valence-corrected chi connectivity index (χ1v) is 12.7. The molecule has 3 aromatic carbocycles. The van der Waals surface area contributed by atoms with Gasteiger partial charge in [-0.05, 0) is 49.7 Å². The highest BCUT2D eigenvalue weighted by Crippen LogP contribution is 2.30. The van der Waals surface area contributed by atoms with E-state index in [1.165, 1.54) is 0 Å². The van der Waals surface area contributed by atoms with Crippen LogP contribution in [0.15, 0.2) is 72.8 Å². The Morgan fingerprint density at radius 1 is 0.919 bits per heavy atom. The lowest BCUT2D eigenvalue weighted by molar-refractivity contribution is 0.215. The SMILES string of the molecule is Cc1cccc(-c2nnc3c4ccc(Cl)cc4nc(N4CCCN(C(=O)Nc5ccccc5)CC4)n23)c1. The minimum Gasteiger partial charge on any atom is -0.340 e. The van der Waals surface area contributed by atoms with Gasteiger partial charge in [-0.1, -0.05) is 53.6 Å². The summed E-state index contributed by atoms with van der Waals surface area (Å²) < 4.78 is 2.03. The normalized spacial score (nSPS) is 14.2. The lowest BCUT2D eigenvalue weighted by Gasteiger charge is -2.24. The summed E-state index contributed by atoms with van der Waals surface area (Å²) in [6.07, 6.45) is 0.806. The van der Waals surface area contributed by atoms with Gasteiger partial charge in [0, 0.05) is 47.8 Å². The van der Waals surface area contributed by atoms with Crippen LogP contribution in [0.2, 0.25) is 5.02 Å². The molecule has 37 heavy (non-hydrogen) atoms. The second-order valence-corrected chi connectivity index (χ2v) is 9.69. The molecule has 2 amide bonds. The smallest absolute Gasteiger partial charge is 0.321 e. The number of fused-ring (bicyclic) bond motifs is 3. The summed E-state index contributed by atoms with van der Waals surface area (Å²) in [5, 5.41) is 13.7. The number of hydrogen-bond acceptors (Lipinski definition) is 5. The van der Waals surface area contributed by atoms with E-state index in [1.807, 2.05) is 70.0 Å². The van der Waals surface area contributed by atoms with Crippen LogP contribution in [0.3, 0.4) is 0 Å². The molecule has 0 spiro atoms. The Morgan fingerprint density at radius 3 is 2.62 bits per heavy atom. The first kappa shape index (κ1) is 23.2. The number of para-hydroxylation sites is 1. The number of carbonyl (C=O) groups is 1. The number of carbonyl (C=O) groups excluding carboxylic acids is 1. The van der Waals surface area contributed by atoms with Gasteiger partial charge in [0.1, 0.15) is 0 Å². The third-order valence-electron chi connectivity index (χ3n) is 6.65. The number of rotatable bonds is 3. The van der Waals surface area contributed by atoms with Crippen molar-refractivity contribution in [1.82, 2.24) is 24.5 Å². The second-order valence-electron chi connectivity index (χ2n) is 9.25. The van der Waals surface area contributed by atoms with Crippen molar-refractivity contribution < 1.29 is 4.79 Å². The third-order valence-corrected chi connectivity index (χ3v) is 6.89. The molecule has 1 fully saturated rings. The zero-order valence-electron chi connectivity index (χ0n) is 20.4. The molecule has 0 bridgehead atoms. The van der Waals surface area contributed by atoms with Gasteiger partial charge in [0.05, 0.1) is 5.52 Å². The molecule has 5 aromatic rings. The summed E-state index contributed by atoms with van der Waals surface area (Å²) in [7, 11) is 0. The number of nitrogens with zero attached hydrogens (tertiary/aromatic N) is 6. The highest BCUT2D eigenvalue weighted by Gasteiger charge is 2.24. The van der Waals surface area contributed by atoms with Crippen molar-refractivity contribution >= 4 is 45.8 Å².